The van der Waals surface area contributed by atoms with E-state index in [2.05, 4.69) is 49.0 Å². The molecule has 1 aromatic heterocycles. The van der Waals surface area contributed by atoms with Gasteiger partial charge in [0.1, 0.15) is 0 Å². The molecule has 2 N–H and O–H groups in total. The van der Waals surface area contributed by atoms with Crippen molar-refractivity contribution in [1.82, 2.24) is 4.57 Å². The Morgan fingerprint density at radius 2 is 2.11 bits per heavy atom. The number of hydrogen-bond acceptors (Lipinski definition) is 1. The highest BCUT2D eigenvalue weighted by atomic mass is 14.9. The monoisotopic (exact) mass is 254 g/mol. The standard InChI is InChI=1S/C17H22N2/c1-12-6-7-13(2)15(8-12)10-19-9-14-4-3-5-17(18)16(14)11-19/h6-9,11,17H,3-5,10,18H2,1-2H3. The predicted molar refractivity (Wildman–Crippen MR) is 79.3 cm³/mol. The summed E-state index contributed by atoms with van der Waals surface area (Å²) in [5, 5.41) is 0. The molecule has 3 rings (SSSR count). The van der Waals surface area contributed by atoms with Crippen LogP contribution in [0.4, 0.5) is 0 Å². The molecule has 0 saturated heterocycles. The molecule has 1 heterocycles. The van der Waals surface area contributed by atoms with E-state index in [0.717, 1.165) is 13.0 Å². The second kappa shape index (κ2) is 4.86. The largest absolute Gasteiger partial charge is 0.349 e. The fraction of sp³-hybridized carbons (Fsp3) is 0.412. The summed E-state index contributed by atoms with van der Waals surface area (Å²) in [6.45, 7) is 5.29. The molecule has 19 heavy (non-hydrogen) atoms. The Kier molecular flexibility index (Phi) is 3.19. The van der Waals surface area contributed by atoms with Gasteiger partial charge >= 0.3 is 0 Å². The number of hydrogen-bond donors (Lipinski definition) is 1. The van der Waals surface area contributed by atoms with Gasteiger partial charge in [-0.05, 0) is 55.4 Å². The van der Waals surface area contributed by atoms with Crippen LogP contribution in [0.1, 0.15) is 46.7 Å². The number of benzene rings is 1. The molecule has 0 fully saturated rings. The minimum Gasteiger partial charge on any atom is -0.349 e. The lowest BCUT2D eigenvalue weighted by atomic mass is 9.92. The summed E-state index contributed by atoms with van der Waals surface area (Å²) < 4.78 is 2.30. The van der Waals surface area contributed by atoms with Crippen LogP contribution in [-0.4, -0.2) is 4.57 Å². The summed E-state index contributed by atoms with van der Waals surface area (Å²) in [6, 6.07) is 6.91. The van der Waals surface area contributed by atoms with Crippen LogP contribution in [0.15, 0.2) is 30.6 Å². The first kappa shape index (κ1) is 12.5. The molecule has 0 bridgehead atoms. The third-order valence-corrected chi connectivity index (χ3v) is 4.22. The Labute approximate surface area is 115 Å². The van der Waals surface area contributed by atoms with Crippen LogP contribution < -0.4 is 5.73 Å². The van der Waals surface area contributed by atoms with E-state index in [0.29, 0.717) is 0 Å². The van der Waals surface area contributed by atoms with Crippen LogP contribution in [-0.2, 0) is 13.0 Å². The van der Waals surface area contributed by atoms with Crippen molar-refractivity contribution in [3.05, 3.63) is 58.4 Å². The van der Waals surface area contributed by atoms with Gasteiger partial charge in [0, 0.05) is 25.0 Å². The molecule has 0 saturated carbocycles. The van der Waals surface area contributed by atoms with E-state index in [4.69, 9.17) is 5.73 Å². The predicted octanol–water partition coefficient (Wildman–Crippen LogP) is 3.49. The SMILES string of the molecule is Cc1ccc(C)c(Cn2cc3c(c2)C(N)CCC3)c1. The zero-order chi connectivity index (χ0) is 13.4. The third-order valence-electron chi connectivity index (χ3n) is 4.22. The van der Waals surface area contributed by atoms with Crippen LogP contribution in [0.3, 0.4) is 0 Å². The van der Waals surface area contributed by atoms with Crippen LogP contribution in [0.25, 0.3) is 0 Å². The van der Waals surface area contributed by atoms with Gasteiger partial charge in [-0.3, -0.25) is 0 Å². The van der Waals surface area contributed by atoms with Crippen LogP contribution in [0, 0.1) is 13.8 Å². The second-order valence-corrected chi connectivity index (χ2v) is 5.84. The summed E-state index contributed by atoms with van der Waals surface area (Å²) in [5.41, 5.74) is 13.1. The highest BCUT2D eigenvalue weighted by Crippen LogP contribution is 2.29. The van der Waals surface area contributed by atoms with Crippen molar-refractivity contribution in [3.8, 4) is 0 Å². The molecule has 1 unspecified atom stereocenters. The lowest BCUT2D eigenvalue weighted by molar-refractivity contribution is 0.573. The molecule has 0 aliphatic heterocycles. The minimum absolute atomic E-state index is 0.239. The molecule has 1 aliphatic rings. The molecular formula is C17H22N2. The van der Waals surface area contributed by atoms with E-state index in [1.165, 1.54) is 40.7 Å². The Balaban J connectivity index is 1.89. The minimum atomic E-state index is 0.239. The summed E-state index contributed by atoms with van der Waals surface area (Å²) in [7, 11) is 0. The molecule has 2 heteroatoms. The summed E-state index contributed by atoms with van der Waals surface area (Å²) >= 11 is 0. The van der Waals surface area contributed by atoms with E-state index in [9.17, 15) is 0 Å². The van der Waals surface area contributed by atoms with Crippen molar-refractivity contribution in [3.63, 3.8) is 0 Å². The second-order valence-electron chi connectivity index (χ2n) is 5.84. The zero-order valence-corrected chi connectivity index (χ0v) is 11.8. The van der Waals surface area contributed by atoms with Crippen molar-refractivity contribution in [2.45, 2.75) is 45.7 Å². The number of aryl methyl sites for hydroxylation is 3. The van der Waals surface area contributed by atoms with Gasteiger partial charge in [0.15, 0.2) is 0 Å². The fourth-order valence-electron chi connectivity index (χ4n) is 3.04. The number of aromatic nitrogens is 1. The number of rotatable bonds is 2. The number of nitrogens with zero attached hydrogens (tertiary/aromatic N) is 1. The van der Waals surface area contributed by atoms with Gasteiger partial charge in [-0.25, -0.2) is 0 Å². The Morgan fingerprint density at radius 3 is 2.89 bits per heavy atom. The van der Waals surface area contributed by atoms with E-state index in [-0.39, 0.29) is 6.04 Å². The smallest absolute Gasteiger partial charge is 0.0473 e. The van der Waals surface area contributed by atoms with Crippen molar-refractivity contribution < 1.29 is 0 Å². The van der Waals surface area contributed by atoms with Crippen LogP contribution in [0.5, 0.6) is 0 Å². The van der Waals surface area contributed by atoms with Crippen LogP contribution >= 0.6 is 0 Å². The van der Waals surface area contributed by atoms with Crippen molar-refractivity contribution >= 4 is 0 Å². The first-order chi connectivity index (χ1) is 9.13. The lowest BCUT2D eigenvalue weighted by Crippen LogP contribution is -2.15. The highest BCUT2D eigenvalue weighted by Gasteiger charge is 2.18. The maximum atomic E-state index is 6.19. The first-order valence-corrected chi connectivity index (χ1v) is 7.14. The van der Waals surface area contributed by atoms with E-state index < -0.39 is 0 Å². The van der Waals surface area contributed by atoms with Gasteiger partial charge in [0.2, 0.25) is 0 Å². The molecule has 0 amide bonds. The molecule has 0 radical (unpaired) electrons. The molecule has 1 aromatic carbocycles. The van der Waals surface area contributed by atoms with Gasteiger partial charge in [-0.1, -0.05) is 23.8 Å². The summed E-state index contributed by atoms with van der Waals surface area (Å²) in [6.07, 6.45) is 8.07. The first-order valence-electron chi connectivity index (χ1n) is 7.14. The van der Waals surface area contributed by atoms with E-state index in [1.54, 1.807) is 0 Å². The van der Waals surface area contributed by atoms with Crippen molar-refractivity contribution in [2.24, 2.45) is 5.73 Å². The number of nitrogens with two attached hydrogens (primary N) is 1. The van der Waals surface area contributed by atoms with Gasteiger partial charge in [-0.15, -0.1) is 0 Å². The molecule has 1 atom stereocenters. The molecule has 2 nitrogen and oxygen atoms in total. The summed E-state index contributed by atoms with van der Waals surface area (Å²) in [4.78, 5) is 0. The normalized spacial score (nSPS) is 18.4. The fourth-order valence-corrected chi connectivity index (χ4v) is 3.04. The zero-order valence-electron chi connectivity index (χ0n) is 11.8. The maximum absolute atomic E-state index is 6.19. The molecule has 100 valence electrons. The Hall–Kier alpha value is -1.54. The molecular weight excluding hydrogens is 232 g/mol. The topological polar surface area (TPSA) is 30.9 Å². The molecule has 2 aromatic rings. The van der Waals surface area contributed by atoms with Crippen LogP contribution in [0.2, 0.25) is 0 Å². The van der Waals surface area contributed by atoms with Gasteiger partial charge in [0.25, 0.3) is 0 Å². The van der Waals surface area contributed by atoms with Crippen molar-refractivity contribution in [1.29, 1.82) is 0 Å². The van der Waals surface area contributed by atoms with Gasteiger partial charge in [-0.2, -0.15) is 0 Å². The lowest BCUT2D eigenvalue weighted by Gasteiger charge is -2.17. The van der Waals surface area contributed by atoms with Crippen molar-refractivity contribution in [2.75, 3.05) is 0 Å². The number of fused-ring (bicyclic) bond motifs is 1. The quantitative estimate of drug-likeness (QED) is 0.874. The van der Waals surface area contributed by atoms with E-state index in [1.807, 2.05) is 0 Å². The molecule has 1 aliphatic carbocycles. The molecule has 0 spiro atoms. The Bertz CT molecular complexity index is 595. The van der Waals surface area contributed by atoms with Gasteiger partial charge < -0.3 is 10.3 Å². The highest BCUT2D eigenvalue weighted by molar-refractivity contribution is 5.33. The average Bonchev–Trinajstić information content (AvgIpc) is 2.78. The van der Waals surface area contributed by atoms with Gasteiger partial charge in [0.05, 0.1) is 0 Å². The average molecular weight is 254 g/mol. The van der Waals surface area contributed by atoms with E-state index >= 15 is 0 Å². The maximum Gasteiger partial charge on any atom is 0.0473 e. The Morgan fingerprint density at radius 1 is 1.26 bits per heavy atom. The summed E-state index contributed by atoms with van der Waals surface area (Å²) in [5.74, 6) is 0. The third kappa shape index (κ3) is 2.45.